The summed E-state index contributed by atoms with van der Waals surface area (Å²) in [6, 6.07) is 6.00. The number of imidazole rings is 1. The van der Waals surface area contributed by atoms with Crippen molar-refractivity contribution in [3.8, 4) is 11.4 Å². The van der Waals surface area contributed by atoms with Gasteiger partial charge in [0.05, 0.1) is 11.7 Å². The lowest BCUT2D eigenvalue weighted by molar-refractivity contribution is 1.12. The first-order valence-corrected chi connectivity index (χ1v) is 4.37. The van der Waals surface area contributed by atoms with Crippen LogP contribution in [0.5, 0.6) is 0 Å². The third kappa shape index (κ3) is 0.939. The standard InChI is InChI=1S/C10H8N4/c1-2-7(10-11-4-5-12-10)8-6-13-14-9(8)3-1/h1-6H,(H,11,12)(H,13,14). The Morgan fingerprint density at radius 1 is 1.21 bits per heavy atom. The number of rotatable bonds is 1. The predicted octanol–water partition coefficient (Wildman–Crippen LogP) is 1.95. The first kappa shape index (κ1) is 7.32. The van der Waals surface area contributed by atoms with Crippen LogP contribution >= 0.6 is 0 Å². The first-order chi connectivity index (χ1) is 6.95. The second-order valence-electron chi connectivity index (χ2n) is 3.07. The van der Waals surface area contributed by atoms with Crippen LogP contribution in [0.25, 0.3) is 22.3 Å². The van der Waals surface area contributed by atoms with Crippen molar-refractivity contribution in [2.75, 3.05) is 0 Å². The molecule has 0 amide bonds. The Labute approximate surface area is 80.0 Å². The third-order valence-corrected chi connectivity index (χ3v) is 2.24. The second-order valence-corrected chi connectivity index (χ2v) is 3.07. The van der Waals surface area contributed by atoms with E-state index in [1.165, 1.54) is 0 Å². The molecule has 4 nitrogen and oxygen atoms in total. The van der Waals surface area contributed by atoms with Gasteiger partial charge in [-0.05, 0) is 6.07 Å². The zero-order chi connectivity index (χ0) is 9.38. The molecule has 3 aromatic rings. The van der Waals surface area contributed by atoms with Gasteiger partial charge >= 0.3 is 0 Å². The molecule has 3 rings (SSSR count). The van der Waals surface area contributed by atoms with E-state index in [1.807, 2.05) is 30.6 Å². The first-order valence-electron chi connectivity index (χ1n) is 4.37. The largest absolute Gasteiger partial charge is 0.345 e. The number of nitrogens with one attached hydrogen (secondary N) is 2. The lowest BCUT2D eigenvalue weighted by Crippen LogP contribution is -1.80. The van der Waals surface area contributed by atoms with Crippen molar-refractivity contribution in [2.45, 2.75) is 0 Å². The number of benzene rings is 1. The number of hydrogen-bond acceptors (Lipinski definition) is 2. The quantitative estimate of drug-likeness (QED) is 0.607. The van der Waals surface area contributed by atoms with Gasteiger partial charge in [0.1, 0.15) is 5.82 Å². The molecule has 0 saturated heterocycles. The van der Waals surface area contributed by atoms with Crippen molar-refractivity contribution in [2.24, 2.45) is 0 Å². The summed E-state index contributed by atoms with van der Waals surface area (Å²) in [5.41, 5.74) is 2.10. The highest BCUT2D eigenvalue weighted by Gasteiger charge is 2.05. The summed E-state index contributed by atoms with van der Waals surface area (Å²) in [6.07, 6.45) is 5.37. The molecule has 1 aromatic carbocycles. The van der Waals surface area contributed by atoms with Gasteiger partial charge in [0.25, 0.3) is 0 Å². The summed E-state index contributed by atoms with van der Waals surface area (Å²) in [6.45, 7) is 0. The molecule has 14 heavy (non-hydrogen) atoms. The van der Waals surface area contributed by atoms with Crippen LogP contribution in [0.1, 0.15) is 0 Å². The fourth-order valence-corrected chi connectivity index (χ4v) is 1.59. The Bertz CT molecular complexity index is 550. The van der Waals surface area contributed by atoms with Gasteiger partial charge in [-0.1, -0.05) is 12.1 Å². The molecule has 0 aliphatic heterocycles. The molecule has 2 heterocycles. The Balaban J connectivity index is 2.36. The summed E-state index contributed by atoms with van der Waals surface area (Å²) < 4.78 is 0. The molecular weight excluding hydrogens is 176 g/mol. The lowest BCUT2D eigenvalue weighted by atomic mass is 10.1. The third-order valence-electron chi connectivity index (χ3n) is 2.24. The Morgan fingerprint density at radius 3 is 3.07 bits per heavy atom. The van der Waals surface area contributed by atoms with Crippen LogP contribution in [0.4, 0.5) is 0 Å². The van der Waals surface area contributed by atoms with E-state index in [9.17, 15) is 0 Å². The van der Waals surface area contributed by atoms with Gasteiger partial charge in [-0.25, -0.2) is 4.98 Å². The Morgan fingerprint density at radius 2 is 2.21 bits per heavy atom. The van der Waals surface area contributed by atoms with E-state index in [1.54, 1.807) is 6.20 Å². The molecule has 0 bridgehead atoms. The van der Waals surface area contributed by atoms with Crippen LogP contribution in [0.3, 0.4) is 0 Å². The summed E-state index contributed by atoms with van der Waals surface area (Å²) in [5, 5.41) is 8.02. The summed E-state index contributed by atoms with van der Waals surface area (Å²) >= 11 is 0. The summed E-state index contributed by atoms with van der Waals surface area (Å²) in [5.74, 6) is 0.872. The highest BCUT2D eigenvalue weighted by Crippen LogP contribution is 2.23. The Kier molecular flexibility index (Phi) is 1.41. The SMILES string of the molecule is c1cc(-c2ncc[nH]2)c2cn[nH]c2c1. The van der Waals surface area contributed by atoms with Crippen molar-refractivity contribution in [1.82, 2.24) is 20.2 Å². The number of aromatic nitrogens is 4. The fraction of sp³-hybridized carbons (Fsp3) is 0. The maximum absolute atomic E-state index is 4.22. The molecular formula is C10H8N4. The number of hydrogen-bond donors (Lipinski definition) is 2. The summed E-state index contributed by atoms with van der Waals surface area (Å²) in [7, 11) is 0. The number of nitrogens with zero attached hydrogens (tertiary/aromatic N) is 2. The van der Waals surface area contributed by atoms with Crippen molar-refractivity contribution < 1.29 is 0 Å². The van der Waals surface area contributed by atoms with E-state index in [0.717, 1.165) is 22.3 Å². The lowest BCUT2D eigenvalue weighted by Gasteiger charge is -1.97. The van der Waals surface area contributed by atoms with Gasteiger partial charge < -0.3 is 4.98 Å². The highest BCUT2D eigenvalue weighted by atomic mass is 15.1. The number of fused-ring (bicyclic) bond motifs is 1. The van der Waals surface area contributed by atoms with Crippen LogP contribution < -0.4 is 0 Å². The molecule has 68 valence electrons. The molecule has 4 heteroatoms. The minimum Gasteiger partial charge on any atom is -0.345 e. The topological polar surface area (TPSA) is 57.4 Å². The van der Waals surface area contributed by atoms with Gasteiger partial charge in [0.2, 0.25) is 0 Å². The van der Waals surface area contributed by atoms with Gasteiger partial charge in [-0.3, -0.25) is 5.10 Å². The monoisotopic (exact) mass is 184 g/mol. The van der Waals surface area contributed by atoms with E-state index >= 15 is 0 Å². The normalized spacial score (nSPS) is 10.9. The molecule has 0 aliphatic carbocycles. The Hall–Kier alpha value is -2.10. The molecule has 2 N–H and O–H groups in total. The van der Waals surface area contributed by atoms with E-state index in [4.69, 9.17) is 0 Å². The van der Waals surface area contributed by atoms with Crippen LogP contribution in [-0.2, 0) is 0 Å². The summed E-state index contributed by atoms with van der Waals surface area (Å²) in [4.78, 5) is 7.30. The molecule has 0 saturated carbocycles. The van der Waals surface area contributed by atoms with Gasteiger partial charge in [-0.2, -0.15) is 5.10 Å². The van der Waals surface area contributed by atoms with Crippen LogP contribution in [0.2, 0.25) is 0 Å². The van der Waals surface area contributed by atoms with Crippen LogP contribution in [0, 0.1) is 0 Å². The molecule has 0 aliphatic rings. The van der Waals surface area contributed by atoms with Crippen LogP contribution in [0.15, 0.2) is 36.8 Å². The average Bonchev–Trinajstić information content (AvgIpc) is 2.88. The fourth-order valence-electron chi connectivity index (χ4n) is 1.59. The molecule has 0 spiro atoms. The maximum atomic E-state index is 4.22. The number of aromatic amines is 2. The average molecular weight is 184 g/mol. The van der Waals surface area contributed by atoms with Gasteiger partial charge in [0.15, 0.2) is 0 Å². The van der Waals surface area contributed by atoms with Gasteiger partial charge in [0, 0.05) is 23.3 Å². The van der Waals surface area contributed by atoms with Crippen molar-refractivity contribution in [1.29, 1.82) is 0 Å². The van der Waals surface area contributed by atoms with E-state index in [0.29, 0.717) is 0 Å². The van der Waals surface area contributed by atoms with Crippen molar-refractivity contribution >= 4 is 10.9 Å². The predicted molar refractivity (Wildman–Crippen MR) is 53.7 cm³/mol. The second kappa shape index (κ2) is 2.70. The van der Waals surface area contributed by atoms with Crippen molar-refractivity contribution in [3.05, 3.63) is 36.8 Å². The molecule has 0 atom stereocenters. The smallest absolute Gasteiger partial charge is 0.138 e. The van der Waals surface area contributed by atoms with E-state index in [-0.39, 0.29) is 0 Å². The highest BCUT2D eigenvalue weighted by molar-refractivity contribution is 5.92. The molecule has 0 radical (unpaired) electrons. The molecule has 0 unspecified atom stereocenters. The zero-order valence-corrected chi connectivity index (χ0v) is 7.36. The van der Waals surface area contributed by atoms with Gasteiger partial charge in [-0.15, -0.1) is 0 Å². The molecule has 0 fully saturated rings. The minimum absolute atomic E-state index is 0.872. The maximum Gasteiger partial charge on any atom is 0.138 e. The minimum atomic E-state index is 0.872. The van der Waals surface area contributed by atoms with Crippen molar-refractivity contribution in [3.63, 3.8) is 0 Å². The van der Waals surface area contributed by atoms with E-state index in [2.05, 4.69) is 20.2 Å². The van der Waals surface area contributed by atoms with Crippen LogP contribution in [-0.4, -0.2) is 20.2 Å². The number of H-pyrrole nitrogens is 2. The van der Waals surface area contributed by atoms with E-state index < -0.39 is 0 Å². The molecule has 2 aromatic heterocycles. The zero-order valence-electron chi connectivity index (χ0n) is 7.36.